The number of alkyl carbamates (subject to hydrolysis) is 1. The van der Waals surface area contributed by atoms with Crippen molar-refractivity contribution < 1.29 is 19.1 Å². The molecule has 2 aliphatic rings. The van der Waals surface area contributed by atoms with Gasteiger partial charge in [-0.05, 0) is 39.7 Å². The van der Waals surface area contributed by atoms with E-state index in [1.54, 1.807) is 18.6 Å². The van der Waals surface area contributed by atoms with Gasteiger partial charge in [0.2, 0.25) is 5.95 Å². The Hall–Kier alpha value is -2.82. The van der Waals surface area contributed by atoms with Gasteiger partial charge in [0.15, 0.2) is 0 Å². The lowest BCUT2D eigenvalue weighted by Crippen LogP contribution is -2.48. The molecule has 1 N–H and O–H groups in total. The fourth-order valence-electron chi connectivity index (χ4n) is 4.58. The average Bonchev–Trinajstić information content (AvgIpc) is 3.34. The smallest absolute Gasteiger partial charge is 0.408 e. The number of anilines is 1. The highest BCUT2D eigenvalue weighted by atomic mass is 32.2. The first-order chi connectivity index (χ1) is 16.2. The minimum atomic E-state index is -0.555. The van der Waals surface area contributed by atoms with Gasteiger partial charge in [0.25, 0.3) is 0 Å². The van der Waals surface area contributed by atoms with Crippen LogP contribution in [-0.4, -0.2) is 63.4 Å². The van der Waals surface area contributed by atoms with E-state index >= 15 is 0 Å². The van der Waals surface area contributed by atoms with Crippen molar-refractivity contribution >= 4 is 29.8 Å². The number of nitrogens with one attached hydrogen (secondary N) is 1. The summed E-state index contributed by atoms with van der Waals surface area (Å²) in [5, 5.41) is 7.59. The fraction of sp³-hybridized carbons (Fsp3) is 0.609. The summed E-state index contributed by atoms with van der Waals surface area (Å²) in [6.07, 6.45) is 7.07. The second-order valence-electron chi connectivity index (χ2n) is 9.74. The summed E-state index contributed by atoms with van der Waals surface area (Å²) >= 11 is 1.53. The first-order valence-electron chi connectivity index (χ1n) is 11.5. The Kier molecular flexibility index (Phi) is 7.01. The fourth-order valence-corrected chi connectivity index (χ4v) is 5.34. The van der Waals surface area contributed by atoms with Crippen LogP contribution < -0.4 is 10.2 Å². The van der Waals surface area contributed by atoms with E-state index in [1.165, 1.54) is 18.9 Å². The molecule has 0 aromatic carbocycles. The van der Waals surface area contributed by atoms with Crippen LogP contribution in [0.3, 0.4) is 0 Å². The topological polar surface area (TPSA) is 111 Å². The Bertz CT molecular complexity index is 1010. The molecule has 0 bridgehead atoms. The highest BCUT2D eigenvalue weighted by molar-refractivity contribution is 7.99. The van der Waals surface area contributed by atoms with Crippen LogP contribution in [0.4, 0.5) is 10.7 Å². The number of carbonyl (C=O) groups excluding carboxylic acids is 2. The molecule has 0 radical (unpaired) electrons. The summed E-state index contributed by atoms with van der Waals surface area (Å²) in [7, 11) is 1.39. The zero-order valence-electron chi connectivity index (χ0n) is 20.1. The quantitative estimate of drug-likeness (QED) is 0.484. The number of fused-ring (bicyclic) bond motifs is 1. The van der Waals surface area contributed by atoms with Gasteiger partial charge in [0, 0.05) is 54.3 Å². The van der Waals surface area contributed by atoms with Crippen molar-refractivity contribution in [1.82, 2.24) is 25.1 Å². The molecule has 34 heavy (non-hydrogen) atoms. The van der Waals surface area contributed by atoms with Crippen LogP contribution in [0.2, 0.25) is 0 Å². The highest BCUT2D eigenvalue weighted by Gasteiger charge is 2.50. The number of aromatic nitrogens is 4. The van der Waals surface area contributed by atoms with E-state index in [-0.39, 0.29) is 17.4 Å². The normalized spacial score (nSPS) is 19.1. The average molecular weight is 489 g/mol. The zero-order valence-corrected chi connectivity index (χ0v) is 20.9. The first kappa shape index (κ1) is 24.3. The van der Waals surface area contributed by atoms with Crippen LogP contribution in [0.1, 0.15) is 51.8 Å². The van der Waals surface area contributed by atoms with Crippen LogP contribution in [0, 0.1) is 5.41 Å². The summed E-state index contributed by atoms with van der Waals surface area (Å²) in [6, 6.07) is 1.82. The Balaban J connectivity index is 1.38. The number of rotatable bonds is 6. The summed E-state index contributed by atoms with van der Waals surface area (Å²) in [5.41, 5.74) is 0.338. The lowest BCUT2D eigenvalue weighted by molar-refractivity contribution is -0.140. The van der Waals surface area contributed by atoms with Gasteiger partial charge in [-0.3, -0.25) is 9.48 Å². The Morgan fingerprint density at radius 2 is 1.94 bits per heavy atom. The molecule has 0 aliphatic carbocycles. The maximum atomic E-state index is 12.6. The van der Waals surface area contributed by atoms with Crippen molar-refractivity contribution in [2.75, 3.05) is 30.9 Å². The van der Waals surface area contributed by atoms with Gasteiger partial charge in [0.05, 0.1) is 25.3 Å². The molecular formula is C23H32N6O4S. The molecule has 1 amide bonds. The molecule has 4 heterocycles. The van der Waals surface area contributed by atoms with Crippen molar-refractivity contribution in [3.05, 3.63) is 30.4 Å². The van der Waals surface area contributed by atoms with Crippen LogP contribution in [0.5, 0.6) is 0 Å². The molecule has 184 valence electrons. The number of carbonyl (C=O) groups is 2. The van der Waals surface area contributed by atoms with Gasteiger partial charge < -0.3 is 19.7 Å². The lowest BCUT2D eigenvalue weighted by atomic mass is 9.73. The van der Waals surface area contributed by atoms with E-state index in [9.17, 15) is 9.59 Å². The molecular weight excluding hydrogens is 456 g/mol. The van der Waals surface area contributed by atoms with Crippen molar-refractivity contribution in [2.45, 2.75) is 63.1 Å². The molecule has 1 spiro atoms. The number of piperidine rings is 1. The third-order valence-corrected chi connectivity index (χ3v) is 7.19. The number of amides is 1. The highest BCUT2D eigenvalue weighted by Crippen LogP contribution is 2.49. The minimum Gasteiger partial charge on any atom is -0.469 e. The summed E-state index contributed by atoms with van der Waals surface area (Å²) in [5.74, 6) is 1.10. The predicted molar refractivity (Wildman–Crippen MR) is 128 cm³/mol. The number of nitrogens with zero attached hydrogens (tertiary/aromatic N) is 5. The van der Waals surface area contributed by atoms with E-state index in [1.807, 2.05) is 31.5 Å². The standard InChI is InChI=1S/C23H32N6O4S/c1-22(2,3)33-21(31)27-19-17-5-9-26-29(17)15-23(19)7-10-28(11-8-23)20-24-13-16(14-25-20)34-12-6-18(30)32-4/h5,9,13-14,19H,6-8,10-12,15H2,1-4H3,(H,27,31)/t19-/m1/s1. The largest absolute Gasteiger partial charge is 0.469 e. The van der Waals surface area contributed by atoms with Crippen LogP contribution in [0.15, 0.2) is 29.6 Å². The predicted octanol–water partition coefficient (Wildman–Crippen LogP) is 3.19. The molecule has 1 atom stereocenters. The van der Waals surface area contributed by atoms with Gasteiger partial charge in [-0.1, -0.05) is 0 Å². The number of esters is 1. The molecule has 4 rings (SSSR count). The number of thioether (sulfide) groups is 1. The Morgan fingerprint density at radius 1 is 1.24 bits per heavy atom. The number of hydrogen-bond acceptors (Lipinski definition) is 9. The maximum Gasteiger partial charge on any atom is 0.408 e. The molecule has 1 fully saturated rings. The number of ether oxygens (including phenoxy) is 2. The maximum absolute atomic E-state index is 12.6. The second kappa shape index (κ2) is 9.81. The minimum absolute atomic E-state index is 0.124. The van der Waals surface area contributed by atoms with Crippen molar-refractivity contribution in [1.29, 1.82) is 0 Å². The van der Waals surface area contributed by atoms with Crippen LogP contribution >= 0.6 is 11.8 Å². The van der Waals surface area contributed by atoms with Gasteiger partial charge in [0.1, 0.15) is 5.60 Å². The van der Waals surface area contributed by atoms with Crippen molar-refractivity contribution in [2.24, 2.45) is 5.41 Å². The molecule has 0 saturated carbocycles. The third kappa shape index (κ3) is 5.45. The van der Waals surface area contributed by atoms with E-state index in [0.717, 1.165) is 43.1 Å². The van der Waals surface area contributed by atoms with E-state index < -0.39 is 11.7 Å². The summed E-state index contributed by atoms with van der Waals surface area (Å²) < 4.78 is 12.2. The van der Waals surface area contributed by atoms with Crippen LogP contribution in [-0.2, 0) is 20.8 Å². The molecule has 2 aliphatic heterocycles. The SMILES string of the molecule is COC(=O)CCSc1cnc(N2CCC3(CC2)Cn2nccc2[C@H]3NC(=O)OC(C)(C)C)nc1. The Labute approximate surface area is 203 Å². The van der Waals surface area contributed by atoms with Crippen molar-refractivity contribution in [3.8, 4) is 0 Å². The molecule has 2 aromatic heterocycles. The molecule has 11 heteroatoms. The lowest BCUT2D eigenvalue weighted by Gasteiger charge is -2.42. The zero-order chi connectivity index (χ0) is 24.3. The van der Waals surface area contributed by atoms with Gasteiger partial charge in [-0.2, -0.15) is 5.10 Å². The van der Waals surface area contributed by atoms with Gasteiger partial charge >= 0.3 is 12.1 Å². The summed E-state index contributed by atoms with van der Waals surface area (Å²) in [6.45, 7) is 7.92. The molecule has 2 aromatic rings. The number of hydrogen-bond donors (Lipinski definition) is 1. The monoisotopic (exact) mass is 488 g/mol. The number of methoxy groups -OCH3 is 1. The van der Waals surface area contributed by atoms with E-state index in [2.05, 4.69) is 30.0 Å². The van der Waals surface area contributed by atoms with Crippen LogP contribution in [0.25, 0.3) is 0 Å². The van der Waals surface area contributed by atoms with Crippen molar-refractivity contribution in [3.63, 3.8) is 0 Å². The molecule has 1 saturated heterocycles. The van der Waals surface area contributed by atoms with Gasteiger partial charge in [-0.15, -0.1) is 11.8 Å². The van der Waals surface area contributed by atoms with E-state index in [4.69, 9.17) is 4.74 Å². The molecule has 10 nitrogen and oxygen atoms in total. The molecule has 0 unspecified atom stereocenters. The first-order valence-corrected chi connectivity index (χ1v) is 12.5. The Morgan fingerprint density at radius 3 is 2.59 bits per heavy atom. The van der Waals surface area contributed by atoms with E-state index in [0.29, 0.717) is 18.1 Å². The summed E-state index contributed by atoms with van der Waals surface area (Å²) in [4.78, 5) is 36.0. The third-order valence-electron chi connectivity index (χ3n) is 6.24. The second-order valence-corrected chi connectivity index (χ2v) is 10.9. The van der Waals surface area contributed by atoms with Gasteiger partial charge in [-0.25, -0.2) is 14.8 Å².